The van der Waals surface area contributed by atoms with Gasteiger partial charge in [0.15, 0.2) is 11.5 Å². The van der Waals surface area contributed by atoms with Crippen molar-refractivity contribution in [2.45, 2.75) is 12.1 Å². The number of ether oxygens (including phenoxy) is 3. The fourth-order valence-electron chi connectivity index (χ4n) is 3.49. The fraction of sp³-hybridized carbons (Fsp3) is 0.400. The summed E-state index contributed by atoms with van der Waals surface area (Å²) in [5, 5.41) is 3.54. The normalized spacial score (nSPS) is 24.4. The Balaban J connectivity index is 1.29. The molecule has 4 rings (SSSR count). The molecule has 0 radical (unpaired) electrons. The second-order valence-electron chi connectivity index (χ2n) is 6.69. The highest BCUT2D eigenvalue weighted by Crippen LogP contribution is 2.31. The summed E-state index contributed by atoms with van der Waals surface area (Å²) in [6, 6.07) is 16.3. The van der Waals surface area contributed by atoms with Gasteiger partial charge < -0.3 is 19.5 Å². The number of nitrogens with one attached hydrogen (secondary N) is 3. The Bertz CT molecular complexity index is 722. The highest BCUT2D eigenvalue weighted by molar-refractivity contribution is 5.40. The zero-order chi connectivity index (χ0) is 17.8. The quantitative estimate of drug-likeness (QED) is 0.736. The molecule has 0 aliphatic carbocycles. The van der Waals surface area contributed by atoms with E-state index in [9.17, 15) is 0 Å². The average Bonchev–Trinajstić information content (AvgIpc) is 3.16. The van der Waals surface area contributed by atoms with Gasteiger partial charge in [-0.15, -0.1) is 0 Å². The third kappa shape index (κ3) is 3.77. The van der Waals surface area contributed by atoms with Gasteiger partial charge in [-0.3, -0.25) is 5.43 Å². The van der Waals surface area contributed by atoms with Gasteiger partial charge in [-0.1, -0.05) is 24.3 Å². The molecular weight excluding hydrogens is 330 g/mol. The first kappa shape index (κ1) is 17.1. The third-order valence-corrected chi connectivity index (χ3v) is 4.91. The fourth-order valence-corrected chi connectivity index (χ4v) is 3.49. The van der Waals surface area contributed by atoms with E-state index in [4.69, 9.17) is 14.2 Å². The van der Waals surface area contributed by atoms with Gasteiger partial charge in [-0.05, 0) is 29.8 Å². The van der Waals surface area contributed by atoms with Gasteiger partial charge in [0.25, 0.3) is 0 Å². The molecule has 0 spiro atoms. The van der Waals surface area contributed by atoms with Crippen molar-refractivity contribution >= 4 is 0 Å². The van der Waals surface area contributed by atoms with E-state index in [0.29, 0.717) is 12.5 Å². The largest absolute Gasteiger partial charge is 0.497 e. The van der Waals surface area contributed by atoms with E-state index in [2.05, 4.69) is 28.3 Å². The van der Waals surface area contributed by atoms with Gasteiger partial charge in [-0.25, -0.2) is 5.43 Å². The smallest absolute Gasteiger partial charge is 0.161 e. The molecule has 3 unspecified atom stereocenters. The lowest BCUT2D eigenvalue weighted by Gasteiger charge is -2.27. The van der Waals surface area contributed by atoms with Crippen LogP contribution in [0.25, 0.3) is 0 Å². The predicted octanol–water partition coefficient (Wildman–Crippen LogP) is 1.89. The summed E-state index contributed by atoms with van der Waals surface area (Å²) in [5.41, 5.74) is 7.91. The Morgan fingerprint density at radius 1 is 1.08 bits per heavy atom. The van der Waals surface area contributed by atoms with Gasteiger partial charge in [0.2, 0.25) is 0 Å². The second kappa shape index (κ2) is 7.95. The topological polar surface area (TPSA) is 63.8 Å². The van der Waals surface area contributed by atoms with E-state index in [1.54, 1.807) is 7.11 Å². The van der Waals surface area contributed by atoms with Crippen LogP contribution in [0.1, 0.15) is 11.6 Å². The minimum atomic E-state index is 0.0339. The first-order chi connectivity index (χ1) is 12.8. The molecule has 2 heterocycles. The maximum absolute atomic E-state index is 6.00. The van der Waals surface area contributed by atoms with Crippen molar-refractivity contribution in [3.63, 3.8) is 0 Å². The molecule has 0 aromatic heterocycles. The van der Waals surface area contributed by atoms with E-state index in [1.807, 2.05) is 36.4 Å². The van der Waals surface area contributed by atoms with Gasteiger partial charge >= 0.3 is 0 Å². The summed E-state index contributed by atoms with van der Waals surface area (Å²) in [6.45, 7) is 3.17. The molecule has 3 atom stereocenters. The zero-order valence-electron chi connectivity index (χ0n) is 14.9. The summed E-state index contributed by atoms with van der Waals surface area (Å²) < 4.78 is 17.0. The summed E-state index contributed by atoms with van der Waals surface area (Å²) in [6.07, 6.45) is 0.0339. The first-order valence-corrected chi connectivity index (χ1v) is 9.05. The summed E-state index contributed by atoms with van der Waals surface area (Å²) in [4.78, 5) is 0. The van der Waals surface area contributed by atoms with Crippen LogP contribution in [0.4, 0.5) is 0 Å². The molecular formula is C20H25N3O3. The number of hydrogen-bond acceptors (Lipinski definition) is 6. The van der Waals surface area contributed by atoms with E-state index in [-0.39, 0.29) is 12.1 Å². The number of para-hydroxylation sites is 2. The first-order valence-electron chi connectivity index (χ1n) is 9.05. The van der Waals surface area contributed by atoms with Crippen LogP contribution in [0.5, 0.6) is 17.2 Å². The van der Waals surface area contributed by atoms with Crippen molar-refractivity contribution in [2.75, 3.05) is 33.4 Å². The maximum Gasteiger partial charge on any atom is 0.161 e. The molecule has 3 N–H and O–H groups in total. The third-order valence-electron chi connectivity index (χ3n) is 4.91. The highest BCUT2D eigenvalue weighted by Gasteiger charge is 2.28. The van der Waals surface area contributed by atoms with Gasteiger partial charge in [-0.2, -0.15) is 0 Å². The Morgan fingerprint density at radius 2 is 1.88 bits per heavy atom. The van der Waals surface area contributed by atoms with Crippen molar-refractivity contribution in [1.29, 1.82) is 0 Å². The van der Waals surface area contributed by atoms with Crippen molar-refractivity contribution in [3.8, 4) is 17.2 Å². The predicted molar refractivity (Wildman–Crippen MR) is 99.6 cm³/mol. The van der Waals surface area contributed by atoms with E-state index in [1.165, 1.54) is 5.56 Å². The number of hydrazine groups is 1. The molecule has 0 bridgehead atoms. The zero-order valence-corrected chi connectivity index (χ0v) is 14.9. The molecule has 1 fully saturated rings. The van der Waals surface area contributed by atoms with Gasteiger partial charge in [0.05, 0.1) is 13.2 Å². The van der Waals surface area contributed by atoms with E-state index >= 15 is 0 Å². The van der Waals surface area contributed by atoms with Crippen molar-refractivity contribution in [1.82, 2.24) is 16.2 Å². The molecule has 2 aromatic rings. The molecule has 1 saturated heterocycles. The van der Waals surface area contributed by atoms with Gasteiger partial charge in [0, 0.05) is 25.6 Å². The summed E-state index contributed by atoms with van der Waals surface area (Å²) >= 11 is 0. The number of rotatable bonds is 6. The molecule has 6 heteroatoms. The minimum Gasteiger partial charge on any atom is -0.497 e. The van der Waals surface area contributed by atoms with Gasteiger partial charge in [0.1, 0.15) is 18.5 Å². The highest BCUT2D eigenvalue weighted by atomic mass is 16.6. The minimum absolute atomic E-state index is 0.0339. The molecule has 0 amide bonds. The monoisotopic (exact) mass is 355 g/mol. The molecule has 0 saturated carbocycles. The van der Waals surface area contributed by atoms with Crippen molar-refractivity contribution in [3.05, 3.63) is 54.1 Å². The summed E-state index contributed by atoms with van der Waals surface area (Å²) in [7, 11) is 1.69. The summed E-state index contributed by atoms with van der Waals surface area (Å²) in [5.74, 6) is 2.99. The average molecular weight is 355 g/mol. The Kier molecular flexibility index (Phi) is 5.24. The molecule has 26 heavy (non-hydrogen) atoms. The molecule has 138 valence electrons. The standard InChI is InChI=1S/C20H25N3O3/c1-24-16-8-6-14(7-9-16)20-15(11-22-23-20)10-21-12-17-13-25-18-4-2-3-5-19(18)26-17/h2-9,15,17,20-23H,10-13H2,1H3. The number of hydrogen-bond donors (Lipinski definition) is 3. The Morgan fingerprint density at radius 3 is 2.69 bits per heavy atom. The Labute approximate surface area is 153 Å². The van der Waals surface area contributed by atoms with Crippen LogP contribution in [-0.2, 0) is 0 Å². The maximum atomic E-state index is 6.00. The molecule has 6 nitrogen and oxygen atoms in total. The van der Waals surface area contributed by atoms with E-state index in [0.717, 1.165) is 36.9 Å². The SMILES string of the molecule is COc1ccc(C2NNCC2CNCC2COc3ccccc3O2)cc1. The van der Waals surface area contributed by atoms with Crippen LogP contribution in [0.15, 0.2) is 48.5 Å². The molecule has 2 aliphatic heterocycles. The molecule has 2 aliphatic rings. The molecule has 2 aromatic carbocycles. The lowest BCUT2D eigenvalue weighted by atomic mass is 9.95. The lowest BCUT2D eigenvalue weighted by Crippen LogP contribution is -2.40. The van der Waals surface area contributed by atoms with Crippen LogP contribution < -0.4 is 30.4 Å². The van der Waals surface area contributed by atoms with Crippen molar-refractivity contribution in [2.24, 2.45) is 5.92 Å². The van der Waals surface area contributed by atoms with Crippen LogP contribution in [-0.4, -0.2) is 39.5 Å². The van der Waals surface area contributed by atoms with Crippen molar-refractivity contribution < 1.29 is 14.2 Å². The lowest BCUT2D eigenvalue weighted by molar-refractivity contribution is 0.0896. The number of methoxy groups -OCH3 is 1. The number of benzene rings is 2. The number of fused-ring (bicyclic) bond motifs is 1. The van der Waals surface area contributed by atoms with Crippen LogP contribution >= 0.6 is 0 Å². The van der Waals surface area contributed by atoms with Crippen LogP contribution in [0, 0.1) is 5.92 Å². The van der Waals surface area contributed by atoms with Crippen LogP contribution in [0.3, 0.4) is 0 Å². The Hall–Kier alpha value is -2.28. The van der Waals surface area contributed by atoms with E-state index < -0.39 is 0 Å². The second-order valence-corrected chi connectivity index (χ2v) is 6.69. The van der Waals surface area contributed by atoms with Crippen LogP contribution in [0.2, 0.25) is 0 Å².